The van der Waals surface area contributed by atoms with Crippen molar-refractivity contribution in [2.45, 2.75) is 13.0 Å². The number of hydrogen-bond acceptors (Lipinski definition) is 5. The van der Waals surface area contributed by atoms with E-state index in [2.05, 4.69) is 26.5 Å². The fourth-order valence-electron chi connectivity index (χ4n) is 3.33. The first kappa shape index (κ1) is 25.7. The Kier molecular flexibility index (Phi) is 8.25. The van der Waals surface area contributed by atoms with Crippen LogP contribution in [0.2, 0.25) is 10.0 Å². The second-order valence-corrected chi connectivity index (χ2v) is 9.42. The van der Waals surface area contributed by atoms with Gasteiger partial charge in [0.25, 0.3) is 5.91 Å². The molecule has 9 heteroatoms. The van der Waals surface area contributed by atoms with E-state index in [0.29, 0.717) is 16.3 Å². The molecule has 0 aliphatic rings. The SMILES string of the molecule is CC(Oc1ccc(Br)cc1)C(=O)NN=Cc1c(OC(=O)c2ccc(Cl)cc2Cl)ccc2ccccc12. The number of nitrogens with one attached hydrogen (secondary N) is 1. The molecule has 0 aliphatic carbocycles. The van der Waals surface area contributed by atoms with Crippen LogP contribution in [0.25, 0.3) is 10.8 Å². The average molecular weight is 586 g/mol. The second kappa shape index (κ2) is 11.6. The Morgan fingerprint density at radius 1 is 1.00 bits per heavy atom. The lowest BCUT2D eigenvalue weighted by Crippen LogP contribution is -2.33. The molecule has 1 unspecified atom stereocenters. The number of halogens is 3. The number of carbonyl (C=O) groups excluding carboxylic acids is 2. The van der Waals surface area contributed by atoms with Crippen molar-refractivity contribution >= 4 is 68.0 Å². The minimum atomic E-state index is -0.791. The quantitative estimate of drug-likeness (QED) is 0.109. The van der Waals surface area contributed by atoms with Crippen LogP contribution in [0.15, 0.2) is 88.4 Å². The van der Waals surface area contributed by atoms with Gasteiger partial charge in [-0.3, -0.25) is 4.79 Å². The van der Waals surface area contributed by atoms with E-state index >= 15 is 0 Å². The van der Waals surface area contributed by atoms with Crippen molar-refractivity contribution in [2.75, 3.05) is 0 Å². The molecule has 182 valence electrons. The lowest BCUT2D eigenvalue weighted by Gasteiger charge is -2.13. The van der Waals surface area contributed by atoms with Gasteiger partial charge in [0.15, 0.2) is 6.10 Å². The van der Waals surface area contributed by atoms with Crippen molar-refractivity contribution < 1.29 is 19.1 Å². The molecule has 0 fully saturated rings. The van der Waals surface area contributed by atoms with Crippen LogP contribution < -0.4 is 14.9 Å². The molecule has 4 aromatic rings. The molecule has 4 aromatic carbocycles. The summed E-state index contributed by atoms with van der Waals surface area (Å²) in [6, 6.07) is 22.7. The first-order valence-corrected chi connectivity index (χ1v) is 12.3. The highest BCUT2D eigenvalue weighted by Gasteiger charge is 2.17. The number of hydrazone groups is 1. The highest BCUT2D eigenvalue weighted by molar-refractivity contribution is 9.10. The number of nitrogens with zero attached hydrogens (tertiary/aromatic N) is 1. The van der Waals surface area contributed by atoms with Crippen LogP contribution in [0.1, 0.15) is 22.8 Å². The maximum atomic E-state index is 12.8. The second-order valence-electron chi connectivity index (χ2n) is 7.66. The Balaban J connectivity index is 1.54. The van der Waals surface area contributed by atoms with E-state index in [9.17, 15) is 9.59 Å². The highest BCUT2D eigenvalue weighted by atomic mass is 79.9. The van der Waals surface area contributed by atoms with Crippen LogP contribution in [0, 0.1) is 0 Å². The summed E-state index contributed by atoms with van der Waals surface area (Å²) >= 11 is 15.5. The molecule has 0 heterocycles. The smallest absolute Gasteiger partial charge is 0.345 e. The van der Waals surface area contributed by atoms with Gasteiger partial charge >= 0.3 is 5.97 Å². The number of carbonyl (C=O) groups is 2. The molecule has 6 nitrogen and oxygen atoms in total. The summed E-state index contributed by atoms with van der Waals surface area (Å²) in [5.41, 5.74) is 3.15. The molecule has 1 N–H and O–H groups in total. The van der Waals surface area contributed by atoms with Crippen molar-refractivity contribution in [3.8, 4) is 11.5 Å². The number of ether oxygens (including phenoxy) is 2. The fourth-order valence-corrected chi connectivity index (χ4v) is 4.08. The van der Waals surface area contributed by atoms with Gasteiger partial charge in [-0.05, 0) is 66.2 Å². The number of benzene rings is 4. The average Bonchev–Trinajstić information content (AvgIpc) is 2.86. The molecule has 36 heavy (non-hydrogen) atoms. The predicted molar refractivity (Wildman–Crippen MR) is 145 cm³/mol. The largest absolute Gasteiger partial charge is 0.481 e. The summed E-state index contributed by atoms with van der Waals surface area (Å²) in [6.07, 6.45) is 0.638. The summed E-state index contributed by atoms with van der Waals surface area (Å²) in [5.74, 6) is -0.293. The van der Waals surface area contributed by atoms with E-state index in [1.807, 2.05) is 42.5 Å². The lowest BCUT2D eigenvalue weighted by atomic mass is 10.0. The Morgan fingerprint density at radius 2 is 1.75 bits per heavy atom. The van der Waals surface area contributed by atoms with Gasteiger partial charge in [0.2, 0.25) is 0 Å². The lowest BCUT2D eigenvalue weighted by molar-refractivity contribution is -0.127. The van der Waals surface area contributed by atoms with Crippen LogP contribution in [-0.4, -0.2) is 24.2 Å². The highest BCUT2D eigenvalue weighted by Crippen LogP contribution is 2.29. The normalized spacial score (nSPS) is 11.9. The van der Waals surface area contributed by atoms with Gasteiger partial charge in [-0.25, -0.2) is 10.2 Å². The molecular weight excluding hydrogens is 567 g/mol. The van der Waals surface area contributed by atoms with E-state index in [1.165, 1.54) is 18.3 Å². The molecular formula is C27H19BrCl2N2O4. The van der Waals surface area contributed by atoms with E-state index in [1.54, 1.807) is 31.2 Å². The zero-order chi connectivity index (χ0) is 25.7. The van der Waals surface area contributed by atoms with Gasteiger partial charge in [-0.15, -0.1) is 0 Å². The maximum absolute atomic E-state index is 12.8. The van der Waals surface area contributed by atoms with Gasteiger partial charge in [-0.1, -0.05) is 69.5 Å². The number of esters is 1. The molecule has 1 atom stereocenters. The zero-order valence-corrected chi connectivity index (χ0v) is 22.0. The topological polar surface area (TPSA) is 77.0 Å². The van der Waals surface area contributed by atoms with Gasteiger partial charge in [0, 0.05) is 15.1 Å². The summed E-state index contributed by atoms with van der Waals surface area (Å²) in [7, 11) is 0. The standard InChI is InChI=1S/C27H19BrCl2N2O4/c1-16(35-20-10-7-18(28)8-11-20)26(33)32-31-15-23-21-5-3-2-4-17(21)6-13-25(23)36-27(34)22-12-9-19(29)14-24(22)30/h2-16H,1H3,(H,32,33). The van der Waals surface area contributed by atoms with Crippen LogP contribution in [-0.2, 0) is 4.79 Å². The van der Waals surface area contributed by atoms with E-state index < -0.39 is 18.0 Å². The molecule has 0 bridgehead atoms. The molecule has 0 saturated heterocycles. The van der Waals surface area contributed by atoms with Gasteiger partial charge in [0.1, 0.15) is 11.5 Å². The third kappa shape index (κ3) is 6.23. The number of fused-ring (bicyclic) bond motifs is 1. The van der Waals surface area contributed by atoms with Gasteiger partial charge < -0.3 is 9.47 Å². The molecule has 4 rings (SSSR count). The Labute approximate surface area is 225 Å². The minimum Gasteiger partial charge on any atom is -0.481 e. The van der Waals surface area contributed by atoms with E-state index in [4.69, 9.17) is 32.7 Å². The van der Waals surface area contributed by atoms with Crippen molar-refractivity contribution in [1.29, 1.82) is 0 Å². The predicted octanol–water partition coefficient (Wildman–Crippen LogP) is 7.05. The molecule has 0 saturated carbocycles. The third-order valence-corrected chi connectivity index (χ3v) is 6.22. The monoisotopic (exact) mass is 584 g/mol. The number of amides is 1. The Morgan fingerprint density at radius 3 is 2.50 bits per heavy atom. The van der Waals surface area contributed by atoms with E-state index in [0.717, 1.165) is 15.2 Å². The van der Waals surface area contributed by atoms with Gasteiger partial charge in [0.05, 0.1) is 16.8 Å². The minimum absolute atomic E-state index is 0.171. The summed E-state index contributed by atoms with van der Waals surface area (Å²) in [6.45, 7) is 1.62. The van der Waals surface area contributed by atoms with Crippen LogP contribution in [0.4, 0.5) is 0 Å². The summed E-state index contributed by atoms with van der Waals surface area (Å²) in [5, 5.41) is 6.36. The molecule has 0 aliphatic heterocycles. The number of rotatable bonds is 7. The first-order chi connectivity index (χ1) is 17.3. The summed E-state index contributed by atoms with van der Waals surface area (Å²) < 4.78 is 12.2. The molecule has 1 amide bonds. The van der Waals surface area contributed by atoms with Crippen molar-refractivity contribution in [3.05, 3.63) is 105 Å². The Hall–Kier alpha value is -3.39. The molecule has 0 aromatic heterocycles. The van der Waals surface area contributed by atoms with Gasteiger partial charge in [-0.2, -0.15) is 5.10 Å². The zero-order valence-electron chi connectivity index (χ0n) is 18.9. The van der Waals surface area contributed by atoms with Crippen molar-refractivity contribution in [1.82, 2.24) is 5.43 Å². The fraction of sp³-hybridized carbons (Fsp3) is 0.0741. The summed E-state index contributed by atoms with van der Waals surface area (Å²) in [4.78, 5) is 25.3. The van der Waals surface area contributed by atoms with Crippen LogP contribution in [0.3, 0.4) is 0 Å². The molecule has 0 radical (unpaired) electrons. The first-order valence-electron chi connectivity index (χ1n) is 10.8. The van der Waals surface area contributed by atoms with Crippen LogP contribution in [0.5, 0.6) is 11.5 Å². The Bertz CT molecular complexity index is 1460. The van der Waals surface area contributed by atoms with Crippen LogP contribution >= 0.6 is 39.1 Å². The van der Waals surface area contributed by atoms with E-state index in [-0.39, 0.29) is 16.3 Å². The van der Waals surface area contributed by atoms with Crippen molar-refractivity contribution in [3.63, 3.8) is 0 Å². The third-order valence-electron chi connectivity index (χ3n) is 5.15. The van der Waals surface area contributed by atoms with Crippen molar-refractivity contribution in [2.24, 2.45) is 5.10 Å². The molecule has 0 spiro atoms. The maximum Gasteiger partial charge on any atom is 0.345 e. The number of hydrogen-bond donors (Lipinski definition) is 1.